The minimum Gasteiger partial charge on any atom is -0.494 e. The minimum atomic E-state index is -0.482. The fourth-order valence-electron chi connectivity index (χ4n) is 3.77. The first-order valence-electron chi connectivity index (χ1n) is 10.3. The van der Waals surface area contributed by atoms with Crippen LogP contribution in [0.5, 0.6) is 5.75 Å². The number of thioether (sulfide) groups is 1. The fourth-order valence-corrected chi connectivity index (χ4v) is 4.76. The van der Waals surface area contributed by atoms with Crippen LogP contribution in [0.1, 0.15) is 36.7 Å². The van der Waals surface area contributed by atoms with Crippen molar-refractivity contribution in [1.29, 1.82) is 5.41 Å². The Morgan fingerprint density at radius 3 is 2.73 bits per heavy atom. The summed E-state index contributed by atoms with van der Waals surface area (Å²) >= 11 is 1.32. The number of hydrogen-bond acceptors (Lipinski definition) is 7. The molecular formula is C22H22N6O4S. The van der Waals surface area contributed by atoms with Crippen molar-refractivity contribution in [1.82, 2.24) is 9.58 Å². The summed E-state index contributed by atoms with van der Waals surface area (Å²) in [6.45, 7) is 5.80. The molecule has 170 valence electrons. The highest BCUT2D eigenvalue weighted by molar-refractivity contribution is 8.26. The molecule has 3 heterocycles. The van der Waals surface area contributed by atoms with E-state index in [0.29, 0.717) is 16.6 Å². The summed E-state index contributed by atoms with van der Waals surface area (Å²) in [7, 11) is 1.46. The Labute approximate surface area is 194 Å². The molecule has 0 aliphatic carbocycles. The molecule has 0 spiro atoms. The highest BCUT2D eigenvalue weighted by Crippen LogP contribution is 2.33. The molecule has 0 radical (unpaired) electrons. The van der Waals surface area contributed by atoms with Gasteiger partial charge in [0.25, 0.3) is 11.6 Å². The van der Waals surface area contributed by atoms with Crippen molar-refractivity contribution in [3.05, 3.63) is 56.9 Å². The predicted molar refractivity (Wildman–Crippen MR) is 128 cm³/mol. The molecule has 1 N–H and O–H groups in total. The number of benzene rings is 1. The van der Waals surface area contributed by atoms with E-state index in [0.717, 1.165) is 34.8 Å². The maximum atomic E-state index is 12.7. The molecule has 1 aromatic carbocycles. The Morgan fingerprint density at radius 2 is 2.06 bits per heavy atom. The van der Waals surface area contributed by atoms with Gasteiger partial charge in [-0.2, -0.15) is 15.1 Å². The smallest absolute Gasteiger partial charge is 0.283 e. The fraction of sp³-hybridized carbons (Fsp3) is 0.273. The van der Waals surface area contributed by atoms with Gasteiger partial charge in [-0.1, -0.05) is 6.92 Å². The lowest BCUT2D eigenvalue weighted by Crippen LogP contribution is -2.35. The first-order valence-corrected chi connectivity index (χ1v) is 11.1. The lowest BCUT2D eigenvalue weighted by Gasteiger charge is -2.20. The number of nitro groups is 1. The van der Waals surface area contributed by atoms with Gasteiger partial charge in [0.2, 0.25) is 5.17 Å². The highest BCUT2D eigenvalue weighted by atomic mass is 32.2. The molecule has 0 unspecified atom stereocenters. The number of nitrogens with zero attached hydrogens (tertiary/aromatic N) is 5. The SMILES string of the molecule is CCCC1=NN2C(=N)C(=Cc3cc(C)n(-c4ccc([N+](=O)[O-])cc4OC)c3C)C(=O)N=C2S1. The number of nitro benzene ring substituents is 1. The van der Waals surface area contributed by atoms with Crippen LogP contribution in [-0.4, -0.2) is 43.6 Å². The third-order valence-corrected chi connectivity index (χ3v) is 6.31. The monoisotopic (exact) mass is 466 g/mol. The highest BCUT2D eigenvalue weighted by Gasteiger charge is 2.35. The number of carbonyl (C=O) groups is 1. The standard InChI is InChI=1S/C22H22N6O4S/c1-5-6-19-25-27-20(23)16(21(29)24-22(27)33-19)10-14-9-12(2)26(13(14)3)17-8-7-15(28(30)31)11-18(17)32-4/h7-11,23H,5-6H2,1-4H3. The number of carbonyl (C=O) groups excluding carboxylic acids is 1. The van der Waals surface area contributed by atoms with E-state index in [1.54, 1.807) is 12.1 Å². The van der Waals surface area contributed by atoms with Gasteiger partial charge in [-0.05, 0) is 62.2 Å². The van der Waals surface area contributed by atoms with Crippen molar-refractivity contribution in [3.8, 4) is 11.4 Å². The molecule has 2 aliphatic heterocycles. The predicted octanol–water partition coefficient (Wildman–Crippen LogP) is 4.43. The summed E-state index contributed by atoms with van der Waals surface area (Å²) in [5.74, 6) is -0.140. The van der Waals surface area contributed by atoms with Gasteiger partial charge in [0.1, 0.15) is 10.8 Å². The van der Waals surface area contributed by atoms with Crippen LogP contribution >= 0.6 is 11.8 Å². The number of methoxy groups -OCH3 is 1. The topological polar surface area (TPSA) is 126 Å². The largest absolute Gasteiger partial charge is 0.494 e. The second-order valence-electron chi connectivity index (χ2n) is 7.54. The summed E-state index contributed by atoms with van der Waals surface area (Å²) in [6, 6.07) is 6.31. The quantitative estimate of drug-likeness (QED) is 0.381. The first-order chi connectivity index (χ1) is 15.7. The molecule has 11 heteroatoms. The van der Waals surface area contributed by atoms with E-state index in [1.807, 2.05) is 31.4 Å². The number of rotatable bonds is 6. The summed E-state index contributed by atoms with van der Waals surface area (Å²) in [5, 5.41) is 26.8. The van der Waals surface area contributed by atoms with E-state index in [2.05, 4.69) is 10.1 Å². The third-order valence-electron chi connectivity index (χ3n) is 5.35. The van der Waals surface area contributed by atoms with Gasteiger partial charge in [0, 0.05) is 17.5 Å². The molecule has 0 fully saturated rings. The number of aromatic nitrogens is 1. The van der Waals surface area contributed by atoms with Crippen molar-refractivity contribution >= 4 is 45.5 Å². The van der Waals surface area contributed by atoms with Crippen LogP contribution in [0.4, 0.5) is 5.69 Å². The first kappa shape index (κ1) is 22.5. The number of hydrazone groups is 1. The van der Waals surface area contributed by atoms with Gasteiger partial charge in [-0.15, -0.1) is 0 Å². The summed E-state index contributed by atoms with van der Waals surface area (Å²) < 4.78 is 7.29. The van der Waals surface area contributed by atoms with Crippen molar-refractivity contribution < 1.29 is 14.5 Å². The van der Waals surface area contributed by atoms with Crippen LogP contribution in [0, 0.1) is 29.4 Å². The zero-order valence-electron chi connectivity index (χ0n) is 18.6. The maximum absolute atomic E-state index is 12.7. The Morgan fingerprint density at radius 1 is 1.30 bits per heavy atom. The molecule has 4 rings (SSSR count). The van der Waals surface area contributed by atoms with E-state index in [1.165, 1.54) is 36.0 Å². The average molecular weight is 467 g/mol. The molecule has 0 saturated heterocycles. The van der Waals surface area contributed by atoms with E-state index < -0.39 is 10.8 Å². The molecular weight excluding hydrogens is 444 g/mol. The number of non-ortho nitro benzene ring substituents is 1. The zero-order chi connectivity index (χ0) is 23.9. The summed E-state index contributed by atoms with van der Waals surface area (Å²) in [4.78, 5) is 27.5. The maximum Gasteiger partial charge on any atom is 0.283 e. The third kappa shape index (κ3) is 3.95. The number of amides is 1. The number of nitrogens with one attached hydrogen (secondary N) is 1. The Balaban J connectivity index is 1.75. The molecule has 0 atom stereocenters. The molecule has 10 nitrogen and oxygen atoms in total. The molecule has 1 amide bonds. The number of fused-ring (bicyclic) bond motifs is 1. The van der Waals surface area contributed by atoms with E-state index >= 15 is 0 Å². The zero-order valence-corrected chi connectivity index (χ0v) is 19.4. The lowest BCUT2D eigenvalue weighted by molar-refractivity contribution is -0.384. The van der Waals surface area contributed by atoms with Gasteiger partial charge < -0.3 is 9.30 Å². The van der Waals surface area contributed by atoms with E-state index in [4.69, 9.17) is 10.1 Å². The van der Waals surface area contributed by atoms with Gasteiger partial charge in [0.05, 0.1) is 29.4 Å². The lowest BCUT2D eigenvalue weighted by atomic mass is 10.1. The number of aliphatic imine (C=N–C) groups is 1. The molecule has 2 aliphatic rings. The molecule has 0 bridgehead atoms. The average Bonchev–Trinajstić information content (AvgIpc) is 3.30. The van der Waals surface area contributed by atoms with E-state index in [9.17, 15) is 14.9 Å². The summed E-state index contributed by atoms with van der Waals surface area (Å²) in [6.07, 6.45) is 3.31. The van der Waals surface area contributed by atoms with Crippen molar-refractivity contribution in [2.75, 3.05) is 7.11 Å². The number of ether oxygens (including phenoxy) is 1. The van der Waals surface area contributed by atoms with Crippen molar-refractivity contribution in [3.63, 3.8) is 0 Å². The normalized spacial score (nSPS) is 16.7. The van der Waals surface area contributed by atoms with Crippen molar-refractivity contribution in [2.24, 2.45) is 10.1 Å². The minimum absolute atomic E-state index is 0.0127. The molecule has 33 heavy (non-hydrogen) atoms. The van der Waals surface area contributed by atoms with Crippen LogP contribution in [0.2, 0.25) is 0 Å². The van der Waals surface area contributed by atoms with Crippen LogP contribution in [0.25, 0.3) is 11.8 Å². The van der Waals surface area contributed by atoms with Crippen molar-refractivity contribution in [2.45, 2.75) is 33.6 Å². The van der Waals surface area contributed by atoms with Gasteiger partial charge in [0.15, 0.2) is 5.84 Å². The van der Waals surface area contributed by atoms with Crippen LogP contribution in [-0.2, 0) is 4.79 Å². The van der Waals surface area contributed by atoms with Crippen LogP contribution in [0.15, 0.2) is 39.9 Å². The van der Waals surface area contributed by atoms with Gasteiger partial charge in [-0.25, -0.2) is 0 Å². The van der Waals surface area contributed by atoms with Gasteiger partial charge in [-0.3, -0.25) is 20.3 Å². The Kier molecular flexibility index (Phi) is 5.90. The van der Waals surface area contributed by atoms with Crippen LogP contribution in [0.3, 0.4) is 0 Å². The number of aryl methyl sites for hydroxylation is 1. The second-order valence-corrected chi connectivity index (χ2v) is 8.58. The Bertz CT molecular complexity index is 1290. The second kappa shape index (κ2) is 8.66. The summed E-state index contributed by atoms with van der Waals surface area (Å²) in [5.41, 5.74) is 3.07. The van der Waals surface area contributed by atoms with E-state index in [-0.39, 0.29) is 17.1 Å². The molecule has 2 aromatic rings. The number of hydrogen-bond donors (Lipinski definition) is 1. The van der Waals surface area contributed by atoms with Crippen LogP contribution < -0.4 is 4.74 Å². The number of amidine groups is 2. The molecule has 1 aromatic heterocycles. The Hall–Kier alpha value is -3.73. The molecule has 0 saturated carbocycles. The van der Waals surface area contributed by atoms with Gasteiger partial charge >= 0.3 is 0 Å².